The van der Waals surface area contributed by atoms with E-state index >= 15 is 0 Å². The van der Waals surface area contributed by atoms with Crippen LogP contribution in [0.2, 0.25) is 10.0 Å². The predicted octanol–water partition coefficient (Wildman–Crippen LogP) is 6.54. The summed E-state index contributed by atoms with van der Waals surface area (Å²) in [5, 5.41) is 2.56. The molecule has 0 radical (unpaired) electrons. The van der Waals surface area contributed by atoms with Crippen molar-refractivity contribution in [2.75, 3.05) is 5.73 Å². The van der Waals surface area contributed by atoms with E-state index in [9.17, 15) is 9.18 Å². The van der Waals surface area contributed by atoms with Crippen molar-refractivity contribution in [3.05, 3.63) is 63.0 Å². The molecular formula is C20H13Cl2FN2O3S. The van der Waals surface area contributed by atoms with Gasteiger partial charge in [0.1, 0.15) is 18.2 Å². The second-order valence-electron chi connectivity index (χ2n) is 6.24. The third-order valence-electron chi connectivity index (χ3n) is 4.40. The van der Waals surface area contributed by atoms with Gasteiger partial charge in [-0.1, -0.05) is 23.2 Å². The molecule has 3 aromatic heterocycles. The number of furan rings is 1. The van der Waals surface area contributed by atoms with Crippen molar-refractivity contribution in [1.82, 2.24) is 4.98 Å². The van der Waals surface area contributed by atoms with E-state index in [1.807, 2.05) is 0 Å². The van der Waals surface area contributed by atoms with Gasteiger partial charge < -0.3 is 14.9 Å². The van der Waals surface area contributed by atoms with Crippen LogP contribution in [0.4, 0.5) is 10.2 Å². The zero-order chi connectivity index (χ0) is 20.7. The van der Waals surface area contributed by atoms with Crippen LogP contribution in [-0.2, 0) is 0 Å². The van der Waals surface area contributed by atoms with Crippen molar-refractivity contribution in [3.8, 4) is 16.2 Å². The van der Waals surface area contributed by atoms with Crippen molar-refractivity contribution >= 4 is 57.6 Å². The minimum absolute atomic E-state index is 0.105. The van der Waals surface area contributed by atoms with Gasteiger partial charge in [-0.3, -0.25) is 4.79 Å². The minimum Gasteiger partial charge on any atom is -0.478 e. The number of ether oxygens (including phenoxy) is 1. The Bertz CT molecular complexity index is 1240. The van der Waals surface area contributed by atoms with Crippen LogP contribution in [0.15, 0.2) is 40.5 Å². The smallest absolute Gasteiger partial charge is 0.205 e. The number of pyridine rings is 1. The summed E-state index contributed by atoms with van der Waals surface area (Å²) >= 11 is 13.7. The van der Waals surface area contributed by atoms with Crippen molar-refractivity contribution < 1.29 is 18.3 Å². The topological polar surface area (TPSA) is 78.4 Å². The number of carbonyl (C=O) groups excluding carboxylic acids is 1. The number of fused-ring (bicyclic) bond motifs is 1. The minimum atomic E-state index is -0.725. The second-order valence-corrected chi connectivity index (χ2v) is 7.94. The molecule has 0 amide bonds. The predicted molar refractivity (Wildman–Crippen MR) is 113 cm³/mol. The standard InChI is InChI=1S/C20H13Cl2FN2O3S/c1-9(16-13(21)2-3-14(23)17(16)22)28-19-18-11(5-25-20(19)24)12(7-27-18)15-4-10(6-26)8-29-15/h2-9H,1H3,(H2,24,25)/t9-/m1/s1. The summed E-state index contributed by atoms with van der Waals surface area (Å²) in [6.45, 7) is 1.67. The highest BCUT2D eigenvalue weighted by atomic mass is 35.5. The maximum Gasteiger partial charge on any atom is 0.205 e. The summed E-state index contributed by atoms with van der Waals surface area (Å²) in [6, 6.07) is 4.35. The molecule has 0 saturated heterocycles. The number of nitrogens with zero attached hydrogens (tertiary/aromatic N) is 1. The molecule has 9 heteroatoms. The van der Waals surface area contributed by atoms with Crippen LogP contribution in [0.25, 0.3) is 21.4 Å². The fraction of sp³-hybridized carbons (Fsp3) is 0.100. The first kappa shape index (κ1) is 19.7. The summed E-state index contributed by atoms with van der Waals surface area (Å²) < 4.78 is 25.6. The van der Waals surface area contributed by atoms with E-state index < -0.39 is 11.9 Å². The number of aromatic nitrogens is 1. The first-order chi connectivity index (χ1) is 13.9. The second kappa shape index (κ2) is 7.67. The molecule has 2 N–H and O–H groups in total. The Balaban J connectivity index is 1.77. The van der Waals surface area contributed by atoms with E-state index in [1.165, 1.54) is 23.5 Å². The van der Waals surface area contributed by atoms with E-state index in [1.54, 1.807) is 30.8 Å². The normalized spacial score (nSPS) is 12.3. The van der Waals surface area contributed by atoms with Crippen molar-refractivity contribution in [1.29, 1.82) is 0 Å². The van der Waals surface area contributed by atoms with Gasteiger partial charge in [0.25, 0.3) is 0 Å². The van der Waals surface area contributed by atoms with Gasteiger partial charge in [-0.05, 0) is 25.1 Å². The molecule has 0 aliphatic rings. The van der Waals surface area contributed by atoms with Crippen LogP contribution in [0, 0.1) is 5.82 Å². The number of hydrogen-bond acceptors (Lipinski definition) is 6. The molecule has 0 unspecified atom stereocenters. The molecule has 1 atom stereocenters. The maximum absolute atomic E-state index is 13.9. The van der Waals surface area contributed by atoms with Gasteiger partial charge in [0.15, 0.2) is 17.7 Å². The fourth-order valence-corrected chi connectivity index (χ4v) is 4.54. The van der Waals surface area contributed by atoms with Gasteiger partial charge in [0, 0.05) is 38.2 Å². The SMILES string of the molecule is C[C@@H](Oc1c(N)ncc2c(-c3cc(C=O)cs3)coc12)c1c(Cl)ccc(F)c1Cl. The number of halogens is 3. The molecule has 5 nitrogen and oxygen atoms in total. The lowest BCUT2D eigenvalue weighted by Crippen LogP contribution is -2.08. The van der Waals surface area contributed by atoms with Gasteiger partial charge in [0.05, 0.1) is 10.4 Å². The molecule has 0 saturated carbocycles. The Morgan fingerprint density at radius 1 is 1.38 bits per heavy atom. The largest absolute Gasteiger partial charge is 0.478 e. The molecule has 4 rings (SSSR count). The molecule has 1 aromatic carbocycles. The van der Waals surface area contributed by atoms with Crippen molar-refractivity contribution in [3.63, 3.8) is 0 Å². The van der Waals surface area contributed by atoms with Crippen LogP contribution in [-0.4, -0.2) is 11.3 Å². The van der Waals surface area contributed by atoms with Crippen LogP contribution in [0.5, 0.6) is 5.75 Å². The number of anilines is 1. The van der Waals surface area contributed by atoms with E-state index in [0.29, 0.717) is 22.1 Å². The third kappa shape index (κ3) is 3.46. The number of aldehydes is 1. The third-order valence-corrected chi connectivity index (χ3v) is 6.10. The summed E-state index contributed by atoms with van der Waals surface area (Å²) in [6.07, 6.45) is 3.17. The zero-order valence-corrected chi connectivity index (χ0v) is 17.2. The molecule has 0 aliphatic carbocycles. The molecule has 4 aromatic rings. The van der Waals surface area contributed by atoms with Crippen molar-refractivity contribution in [2.45, 2.75) is 13.0 Å². The average molecular weight is 451 g/mol. The summed E-state index contributed by atoms with van der Waals surface area (Å²) in [5.74, 6) is -0.298. The number of thiophene rings is 1. The van der Waals surface area contributed by atoms with Crippen LogP contribution >= 0.6 is 34.5 Å². The Hall–Kier alpha value is -2.61. The molecule has 0 aliphatic heterocycles. The lowest BCUT2D eigenvalue weighted by Gasteiger charge is -2.18. The van der Waals surface area contributed by atoms with Gasteiger partial charge in [-0.2, -0.15) is 0 Å². The Morgan fingerprint density at radius 2 is 2.17 bits per heavy atom. The van der Waals surface area contributed by atoms with E-state index in [0.717, 1.165) is 16.7 Å². The highest BCUT2D eigenvalue weighted by Gasteiger charge is 2.23. The van der Waals surface area contributed by atoms with E-state index in [-0.39, 0.29) is 21.6 Å². The highest BCUT2D eigenvalue weighted by Crippen LogP contribution is 2.42. The highest BCUT2D eigenvalue weighted by molar-refractivity contribution is 7.14. The lowest BCUT2D eigenvalue weighted by atomic mass is 10.1. The maximum atomic E-state index is 13.9. The lowest BCUT2D eigenvalue weighted by molar-refractivity contribution is 0.112. The summed E-state index contributed by atoms with van der Waals surface area (Å²) in [7, 11) is 0. The Morgan fingerprint density at radius 3 is 2.90 bits per heavy atom. The average Bonchev–Trinajstić information content (AvgIpc) is 3.34. The number of rotatable bonds is 5. The van der Waals surface area contributed by atoms with Crippen LogP contribution in [0.1, 0.15) is 28.9 Å². The first-order valence-corrected chi connectivity index (χ1v) is 10.0. The molecular weight excluding hydrogens is 438 g/mol. The van der Waals surface area contributed by atoms with Crippen LogP contribution < -0.4 is 10.5 Å². The number of benzene rings is 1. The van der Waals surface area contributed by atoms with Gasteiger partial charge in [-0.25, -0.2) is 9.37 Å². The molecule has 0 spiro atoms. The van der Waals surface area contributed by atoms with Crippen LogP contribution in [0.3, 0.4) is 0 Å². The van der Waals surface area contributed by atoms with Gasteiger partial charge in [-0.15, -0.1) is 11.3 Å². The molecule has 148 valence electrons. The number of nitrogen functional groups attached to an aromatic ring is 1. The van der Waals surface area contributed by atoms with Gasteiger partial charge in [0.2, 0.25) is 5.75 Å². The summed E-state index contributed by atoms with van der Waals surface area (Å²) in [5.41, 5.74) is 8.02. The number of carbonyl (C=O) groups is 1. The van der Waals surface area contributed by atoms with E-state index in [4.69, 9.17) is 38.1 Å². The van der Waals surface area contributed by atoms with Gasteiger partial charge >= 0.3 is 0 Å². The monoisotopic (exact) mass is 450 g/mol. The number of hydrogen-bond donors (Lipinski definition) is 1. The first-order valence-electron chi connectivity index (χ1n) is 8.40. The zero-order valence-electron chi connectivity index (χ0n) is 14.9. The molecule has 29 heavy (non-hydrogen) atoms. The summed E-state index contributed by atoms with van der Waals surface area (Å²) in [4.78, 5) is 16.0. The Labute approximate surface area is 178 Å². The quantitative estimate of drug-likeness (QED) is 0.276. The fourth-order valence-electron chi connectivity index (χ4n) is 2.99. The molecule has 3 heterocycles. The van der Waals surface area contributed by atoms with E-state index in [2.05, 4.69) is 4.98 Å². The molecule has 0 fully saturated rings. The number of nitrogens with two attached hydrogens (primary N) is 1. The Kier molecular flexibility index (Phi) is 5.21. The molecule has 0 bridgehead atoms. The van der Waals surface area contributed by atoms with Crippen molar-refractivity contribution in [2.24, 2.45) is 0 Å².